The highest BCUT2D eigenvalue weighted by molar-refractivity contribution is 5.76. The summed E-state index contributed by atoms with van der Waals surface area (Å²) in [5, 5.41) is 2.56. The largest absolute Gasteiger partial charge is 0.444 e. The van der Waals surface area contributed by atoms with E-state index < -0.39 is 11.7 Å². The SMILES string of the molecule is CC(C)(C)OC(=O)NCCN=CC(N)=CN. The smallest absolute Gasteiger partial charge is 0.407 e. The zero-order valence-electron chi connectivity index (χ0n) is 9.99. The summed E-state index contributed by atoms with van der Waals surface area (Å²) in [6.45, 7) is 6.23. The Morgan fingerprint density at radius 3 is 2.62 bits per heavy atom. The quantitative estimate of drug-likeness (QED) is 0.477. The molecule has 0 aliphatic carbocycles. The van der Waals surface area contributed by atoms with E-state index in [9.17, 15) is 4.79 Å². The fourth-order valence-electron chi connectivity index (χ4n) is 0.750. The van der Waals surface area contributed by atoms with E-state index in [1.54, 1.807) is 20.8 Å². The van der Waals surface area contributed by atoms with E-state index in [0.717, 1.165) is 0 Å². The summed E-state index contributed by atoms with van der Waals surface area (Å²) in [4.78, 5) is 15.1. The Morgan fingerprint density at radius 1 is 1.50 bits per heavy atom. The van der Waals surface area contributed by atoms with Crippen LogP contribution in [0.2, 0.25) is 0 Å². The average Bonchev–Trinajstić information content (AvgIpc) is 2.14. The molecule has 0 spiro atoms. The van der Waals surface area contributed by atoms with Crippen LogP contribution < -0.4 is 16.8 Å². The van der Waals surface area contributed by atoms with Crippen LogP contribution >= 0.6 is 0 Å². The van der Waals surface area contributed by atoms with Crippen molar-refractivity contribution in [1.82, 2.24) is 5.32 Å². The van der Waals surface area contributed by atoms with Gasteiger partial charge in [0.2, 0.25) is 0 Å². The number of carbonyl (C=O) groups excluding carboxylic acids is 1. The van der Waals surface area contributed by atoms with Gasteiger partial charge in [0, 0.05) is 19.0 Å². The molecule has 0 unspecified atom stereocenters. The number of amides is 1. The van der Waals surface area contributed by atoms with E-state index in [-0.39, 0.29) is 0 Å². The highest BCUT2D eigenvalue weighted by atomic mass is 16.6. The molecule has 0 saturated carbocycles. The van der Waals surface area contributed by atoms with Crippen molar-refractivity contribution in [2.75, 3.05) is 13.1 Å². The second-order valence-corrected chi connectivity index (χ2v) is 4.13. The van der Waals surface area contributed by atoms with Gasteiger partial charge in [-0.1, -0.05) is 0 Å². The number of nitrogens with zero attached hydrogens (tertiary/aromatic N) is 1. The van der Waals surface area contributed by atoms with Gasteiger partial charge in [-0.3, -0.25) is 4.99 Å². The number of nitrogens with two attached hydrogens (primary N) is 2. The molecule has 0 aliphatic heterocycles. The third-order valence-electron chi connectivity index (χ3n) is 1.34. The normalized spacial score (nSPS) is 12.8. The standard InChI is InChI=1S/C10H20N4O2/c1-10(2,3)16-9(15)14-5-4-13-7-8(12)6-11/h6-7H,4-5,11-12H2,1-3H3,(H,14,15). The van der Waals surface area contributed by atoms with Crippen molar-refractivity contribution >= 4 is 12.3 Å². The Balaban J connectivity index is 3.68. The van der Waals surface area contributed by atoms with Gasteiger partial charge in [0.15, 0.2) is 0 Å². The number of alkyl carbamates (subject to hydrolysis) is 1. The number of ether oxygens (including phenoxy) is 1. The Bertz CT molecular complexity index is 279. The maximum absolute atomic E-state index is 11.2. The van der Waals surface area contributed by atoms with E-state index in [1.807, 2.05) is 0 Å². The van der Waals surface area contributed by atoms with E-state index >= 15 is 0 Å². The number of hydrogen-bond acceptors (Lipinski definition) is 5. The molecule has 6 nitrogen and oxygen atoms in total. The molecule has 0 atom stereocenters. The molecular formula is C10H20N4O2. The molecule has 0 bridgehead atoms. The summed E-state index contributed by atoms with van der Waals surface area (Å²) >= 11 is 0. The van der Waals surface area contributed by atoms with Crippen LogP contribution in [0.5, 0.6) is 0 Å². The third kappa shape index (κ3) is 8.86. The molecule has 0 radical (unpaired) electrons. The van der Waals surface area contributed by atoms with Crippen LogP contribution in [0.1, 0.15) is 20.8 Å². The highest BCUT2D eigenvalue weighted by Gasteiger charge is 2.15. The average molecular weight is 228 g/mol. The predicted octanol–water partition coefficient (Wildman–Crippen LogP) is 0.341. The number of aliphatic imine (C=N–C) groups is 1. The molecule has 0 aromatic rings. The summed E-state index contributed by atoms with van der Waals surface area (Å²) in [6.07, 6.45) is 2.24. The van der Waals surface area contributed by atoms with E-state index in [0.29, 0.717) is 18.8 Å². The molecule has 0 aliphatic rings. The van der Waals surface area contributed by atoms with Gasteiger partial charge in [-0.25, -0.2) is 4.79 Å². The topological polar surface area (TPSA) is 103 Å². The van der Waals surface area contributed by atoms with Gasteiger partial charge >= 0.3 is 6.09 Å². The van der Waals surface area contributed by atoms with Gasteiger partial charge in [-0.15, -0.1) is 0 Å². The molecule has 6 heteroatoms. The van der Waals surface area contributed by atoms with E-state index in [4.69, 9.17) is 16.2 Å². The second-order valence-electron chi connectivity index (χ2n) is 4.13. The van der Waals surface area contributed by atoms with Gasteiger partial charge in [0.25, 0.3) is 0 Å². The second kappa shape index (κ2) is 6.71. The minimum atomic E-state index is -0.486. The Morgan fingerprint density at radius 2 is 2.12 bits per heavy atom. The first-order chi connectivity index (χ1) is 7.35. The van der Waals surface area contributed by atoms with Gasteiger partial charge in [0.05, 0.1) is 12.2 Å². The lowest BCUT2D eigenvalue weighted by Gasteiger charge is -2.19. The summed E-state index contributed by atoms with van der Waals surface area (Å²) in [6, 6.07) is 0. The Kier molecular flexibility index (Phi) is 5.99. The minimum absolute atomic E-state index is 0.386. The maximum Gasteiger partial charge on any atom is 0.407 e. The molecule has 0 aromatic heterocycles. The van der Waals surface area contributed by atoms with Gasteiger partial charge in [-0.05, 0) is 20.8 Å². The monoisotopic (exact) mass is 228 g/mol. The van der Waals surface area contributed by atoms with Crippen LogP contribution in [0.25, 0.3) is 0 Å². The number of rotatable bonds is 4. The zero-order chi connectivity index (χ0) is 12.6. The van der Waals surface area contributed by atoms with E-state index in [2.05, 4.69) is 10.3 Å². The molecule has 0 rings (SSSR count). The lowest BCUT2D eigenvalue weighted by Crippen LogP contribution is -2.33. The molecule has 16 heavy (non-hydrogen) atoms. The van der Waals surface area contributed by atoms with Crippen molar-refractivity contribution in [1.29, 1.82) is 0 Å². The van der Waals surface area contributed by atoms with Crippen molar-refractivity contribution in [3.8, 4) is 0 Å². The molecule has 0 heterocycles. The number of allylic oxidation sites excluding steroid dienone is 1. The lowest BCUT2D eigenvalue weighted by molar-refractivity contribution is 0.0529. The Hall–Kier alpha value is -1.72. The van der Waals surface area contributed by atoms with Gasteiger partial charge in [0.1, 0.15) is 5.60 Å². The van der Waals surface area contributed by atoms with Crippen LogP contribution in [0.15, 0.2) is 16.9 Å². The molecule has 5 N–H and O–H groups in total. The predicted molar refractivity (Wildman–Crippen MR) is 64.1 cm³/mol. The van der Waals surface area contributed by atoms with Crippen molar-refractivity contribution in [3.05, 3.63) is 11.9 Å². The number of nitrogens with one attached hydrogen (secondary N) is 1. The van der Waals surface area contributed by atoms with Crippen LogP contribution in [-0.2, 0) is 4.74 Å². The minimum Gasteiger partial charge on any atom is -0.444 e. The maximum atomic E-state index is 11.2. The molecule has 1 amide bonds. The molecule has 0 aromatic carbocycles. The summed E-state index contributed by atoms with van der Waals surface area (Å²) in [7, 11) is 0. The van der Waals surface area contributed by atoms with Crippen LogP contribution in [-0.4, -0.2) is 31.0 Å². The lowest BCUT2D eigenvalue weighted by atomic mass is 10.2. The fourth-order valence-corrected chi connectivity index (χ4v) is 0.750. The molecule has 0 saturated heterocycles. The first kappa shape index (κ1) is 14.3. The van der Waals surface area contributed by atoms with Crippen molar-refractivity contribution in [3.63, 3.8) is 0 Å². The van der Waals surface area contributed by atoms with Crippen LogP contribution in [0.3, 0.4) is 0 Å². The van der Waals surface area contributed by atoms with Crippen LogP contribution in [0.4, 0.5) is 4.79 Å². The molecule has 92 valence electrons. The fraction of sp³-hybridized carbons (Fsp3) is 0.600. The summed E-state index contributed by atoms with van der Waals surface area (Å²) in [5.41, 5.74) is 10.4. The van der Waals surface area contributed by atoms with Crippen molar-refractivity contribution in [2.45, 2.75) is 26.4 Å². The Labute approximate surface area is 95.7 Å². The summed E-state index contributed by atoms with van der Waals surface area (Å²) in [5.74, 6) is 0. The molecular weight excluding hydrogens is 208 g/mol. The summed E-state index contributed by atoms with van der Waals surface area (Å²) < 4.78 is 5.03. The first-order valence-electron chi connectivity index (χ1n) is 4.99. The van der Waals surface area contributed by atoms with Crippen LogP contribution in [0, 0.1) is 0 Å². The van der Waals surface area contributed by atoms with Crippen molar-refractivity contribution in [2.24, 2.45) is 16.5 Å². The van der Waals surface area contributed by atoms with Gasteiger partial charge < -0.3 is 21.5 Å². The third-order valence-corrected chi connectivity index (χ3v) is 1.34. The van der Waals surface area contributed by atoms with Gasteiger partial charge in [-0.2, -0.15) is 0 Å². The molecule has 0 fully saturated rings. The first-order valence-corrected chi connectivity index (χ1v) is 4.99. The number of carbonyl (C=O) groups is 1. The zero-order valence-corrected chi connectivity index (χ0v) is 9.99. The van der Waals surface area contributed by atoms with Crippen molar-refractivity contribution < 1.29 is 9.53 Å². The van der Waals surface area contributed by atoms with E-state index in [1.165, 1.54) is 12.4 Å². The highest BCUT2D eigenvalue weighted by Crippen LogP contribution is 2.05. The number of hydrogen-bond donors (Lipinski definition) is 3.